The van der Waals surface area contributed by atoms with Gasteiger partial charge in [0.1, 0.15) is 0 Å². The summed E-state index contributed by atoms with van der Waals surface area (Å²) in [6, 6.07) is 0. The maximum Gasteiger partial charge on any atom is 0.0518 e. The van der Waals surface area contributed by atoms with Crippen LogP contribution < -0.4 is 0 Å². The Morgan fingerprint density at radius 2 is 1.47 bits per heavy atom. The van der Waals surface area contributed by atoms with E-state index in [0.29, 0.717) is 11.5 Å². The molecule has 0 aromatic heterocycles. The molecule has 1 heteroatoms. The summed E-state index contributed by atoms with van der Waals surface area (Å²) in [5.74, 6) is 0. The molecule has 0 aromatic carbocycles. The van der Waals surface area contributed by atoms with E-state index in [9.17, 15) is 0 Å². The van der Waals surface area contributed by atoms with E-state index in [4.69, 9.17) is 4.74 Å². The summed E-state index contributed by atoms with van der Waals surface area (Å²) in [4.78, 5) is 0. The van der Waals surface area contributed by atoms with Crippen LogP contribution in [0.15, 0.2) is 0 Å². The van der Waals surface area contributed by atoms with Crippen molar-refractivity contribution in [3.05, 3.63) is 0 Å². The van der Waals surface area contributed by atoms with E-state index in [1.165, 1.54) is 32.1 Å². The van der Waals surface area contributed by atoms with Crippen LogP contribution in [0.4, 0.5) is 0 Å². The summed E-state index contributed by atoms with van der Waals surface area (Å²) < 4.78 is 5.49. The second-order valence-electron chi connectivity index (χ2n) is 5.64. The molecule has 0 atom stereocenters. The van der Waals surface area contributed by atoms with Gasteiger partial charge in [0.25, 0.3) is 0 Å². The van der Waals surface area contributed by atoms with Gasteiger partial charge in [-0.05, 0) is 32.1 Å². The Bertz CT molecular complexity index is 122. The molecule has 0 aliphatic rings. The third-order valence-electron chi connectivity index (χ3n) is 2.27. The first-order valence-corrected chi connectivity index (χ1v) is 6.03. The predicted octanol–water partition coefficient (Wildman–Crippen LogP) is 5.04. The van der Waals surface area contributed by atoms with Crippen molar-refractivity contribution in [1.82, 2.24) is 0 Å². The van der Waals surface area contributed by atoms with Crippen LogP contribution in [-0.4, -0.2) is 12.7 Å². The van der Waals surface area contributed by atoms with E-state index in [-0.39, 0.29) is 7.43 Å². The molecule has 0 spiro atoms. The van der Waals surface area contributed by atoms with Gasteiger partial charge in [-0.1, -0.05) is 47.5 Å². The van der Waals surface area contributed by atoms with Crippen molar-refractivity contribution in [1.29, 1.82) is 0 Å². The first-order valence-electron chi connectivity index (χ1n) is 6.03. The van der Waals surface area contributed by atoms with Crippen molar-refractivity contribution in [3.63, 3.8) is 0 Å². The zero-order valence-corrected chi connectivity index (χ0v) is 10.7. The van der Waals surface area contributed by atoms with E-state index in [1.54, 1.807) is 0 Å². The van der Waals surface area contributed by atoms with Crippen LogP contribution in [0.1, 0.15) is 74.1 Å². The summed E-state index contributed by atoms with van der Waals surface area (Å²) in [6.07, 6.45) is 7.01. The Kier molecular flexibility index (Phi) is 10.7. The average molecular weight is 216 g/mol. The molecule has 1 nitrogen and oxygen atoms in total. The van der Waals surface area contributed by atoms with Gasteiger partial charge in [-0.3, -0.25) is 0 Å². The van der Waals surface area contributed by atoms with E-state index in [1.807, 2.05) is 0 Å². The van der Waals surface area contributed by atoms with Gasteiger partial charge in [0.2, 0.25) is 0 Å². The monoisotopic (exact) mass is 216 g/mol. The van der Waals surface area contributed by atoms with Gasteiger partial charge < -0.3 is 4.74 Å². The van der Waals surface area contributed by atoms with E-state index < -0.39 is 0 Å². The van der Waals surface area contributed by atoms with Crippen molar-refractivity contribution < 1.29 is 4.74 Å². The van der Waals surface area contributed by atoms with Crippen molar-refractivity contribution in [2.75, 3.05) is 6.61 Å². The molecule has 15 heavy (non-hydrogen) atoms. The van der Waals surface area contributed by atoms with Gasteiger partial charge in [0.05, 0.1) is 6.10 Å². The lowest BCUT2D eigenvalue weighted by molar-refractivity contribution is 0.0756. The Hall–Kier alpha value is -0.0400. The molecular formula is C14H32O. The number of unbranched alkanes of at least 4 members (excludes halogenated alkanes) is 3. The van der Waals surface area contributed by atoms with Crippen molar-refractivity contribution in [2.45, 2.75) is 80.3 Å². The standard InChI is InChI=1S/C13H28O.CH4/c1-12(2)14-11-9-7-6-8-10-13(3,4)5;/h12H,6-11H2,1-5H3;1H4. The molecule has 0 saturated carbocycles. The molecule has 0 aromatic rings. The molecule has 0 amide bonds. The third kappa shape index (κ3) is 16.6. The van der Waals surface area contributed by atoms with Crippen LogP contribution in [0, 0.1) is 5.41 Å². The number of hydrogen-bond acceptors (Lipinski definition) is 1. The molecule has 0 heterocycles. The van der Waals surface area contributed by atoms with Gasteiger partial charge in [-0.15, -0.1) is 0 Å². The van der Waals surface area contributed by atoms with Gasteiger partial charge in [-0.25, -0.2) is 0 Å². The summed E-state index contributed by atoms with van der Waals surface area (Å²) in [5, 5.41) is 0. The van der Waals surface area contributed by atoms with Gasteiger partial charge in [-0.2, -0.15) is 0 Å². The minimum Gasteiger partial charge on any atom is -0.379 e. The number of ether oxygens (including phenoxy) is 1. The zero-order valence-electron chi connectivity index (χ0n) is 10.7. The van der Waals surface area contributed by atoms with Crippen LogP contribution in [-0.2, 0) is 4.74 Å². The molecule has 0 aliphatic heterocycles. The summed E-state index contributed by atoms with van der Waals surface area (Å²) in [7, 11) is 0. The predicted molar refractivity (Wildman–Crippen MR) is 70.4 cm³/mol. The van der Waals surface area contributed by atoms with E-state index in [0.717, 1.165) is 6.61 Å². The lowest BCUT2D eigenvalue weighted by atomic mass is 9.89. The van der Waals surface area contributed by atoms with E-state index in [2.05, 4.69) is 34.6 Å². The molecule has 94 valence electrons. The zero-order chi connectivity index (χ0) is 11.0. The first-order chi connectivity index (χ1) is 6.42. The molecule has 0 bridgehead atoms. The average Bonchev–Trinajstić information content (AvgIpc) is 2.00. The smallest absolute Gasteiger partial charge is 0.0518 e. The highest BCUT2D eigenvalue weighted by Gasteiger charge is 2.08. The van der Waals surface area contributed by atoms with Gasteiger partial charge >= 0.3 is 0 Å². The fourth-order valence-corrected chi connectivity index (χ4v) is 1.43. The normalized spacial score (nSPS) is 11.6. The second-order valence-corrected chi connectivity index (χ2v) is 5.64. The molecule has 0 fully saturated rings. The van der Waals surface area contributed by atoms with Gasteiger partial charge in [0.15, 0.2) is 0 Å². The Labute approximate surface area is 97.6 Å². The maximum absolute atomic E-state index is 5.49. The van der Waals surface area contributed by atoms with Crippen molar-refractivity contribution in [3.8, 4) is 0 Å². The lowest BCUT2D eigenvalue weighted by Gasteiger charge is -2.17. The quantitative estimate of drug-likeness (QED) is 0.541. The molecule has 0 N–H and O–H groups in total. The van der Waals surface area contributed by atoms with Crippen LogP contribution in [0.25, 0.3) is 0 Å². The Balaban J connectivity index is 0. The van der Waals surface area contributed by atoms with Crippen LogP contribution in [0.2, 0.25) is 0 Å². The summed E-state index contributed by atoms with van der Waals surface area (Å²) in [5.41, 5.74) is 0.508. The third-order valence-corrected chi connectivity index (χ3v) is 2.27. The molecule has 0 saturated heterocycles. The molecule has 0 rings (SSSR count). The Morgan fingerprint density at radius 1 is 0.933 bits per heavy atom. The highest BCUT2D eigenvalue weighted by molar-refractivity contribution is 4.60. The highest BCUT2D eigenvalue weighted by atomic mass is 16.5. The number of rotatable bonds is 7. The molecule has 0 aliphatic carbocycles. The maximum atomic E-state index is 5.49. The fourth-order valence-electron chi connectivity index (χ4n) is 1.43. The van der Waals surface area contributed by atoms with Crippen molar-refractivity contribution >= 4 is 0 Å². The van der Waals surface area contributed by atoms with E-state index >= 15 is 0 Å². The molecule has 0 radical (unpaired) electrons. The SMILES string of the molecule is C.CC(C)OCCCCCCC(C)(C)C. The number of hydrogen-bond donors (Lipinski definition) is 0. The van der Waals surface area contributed by atoms with Gasteiger partial charge in [0, 0.05) is 6.61 Å². The van der Waals surface area contributed by atoms with Crippen LogP contribution in [0.3, 0.4) is 0 Å². The summed E-state index contributed by atoms with van der Waals surface area (Å²) in [6.45, 7) is 12.1. The minimum atomic E-state index is 0. The van der Waals surface area contributed by atoms with Crippen LogP contribution in [0.5, 0.6) is 0 Å². The minimum absolute atomic E-state index is 0. The molecule has 0 unspecified atom stereocenters. The highest BCUT2D eigenvalue weighted by Crippen LogP contribution is 2.22. The van der Waals surface area contributed by atoms with Crippen LogP contribution >= 0.6 is 0 Å². The summed E-state index contributed by atoms with van der Waals surface area (Å²) >= 11 is 0. The fraction of sp³-hybridized carbons (Fsp3) is 1.00. The second kappa shape index (κ2) is 9.21. The largest absolute Gasteiger partial charge is 0.379 e. The van der Waals surface area contributed by atoms with Crippen molar-refractivity contribution in [2.24, 2.45) is 5.41 Å². The molecular weight excluding hydrogens is 184 g/mol. The topological polar surface area (TPSA) is 9.23 Å². The lowest BCUT2D eigenvalue weighted by Crippen LogP contribution is -2.05. The first kappa shape index (κ1) is 17.4. The Morgan fingerprint density at radius 3 is 1.93 bits per heavy atom.